The first kappa shape index (κ1) is 11.5. The van der Waals surface area contributed by atoms with Gasteiger partial charge in [-0.05, 0) is 19.1 Å². The lowest BCUT2D eigenvalue weighted by Crippen LogP contribution is -2.42. The molecule has 2 heterocycles. The summed E-state index contributed by atoms with van der Waals surface area (Å²) in [6.07, 6.45) is -0.0432. The summed E-state index contributed by atoms with van der Waals surface area (Å²) in [6.45, 7) is 2.72. The van der Waals surface area contributed by atoms with E-state index in [1.54, 1.807) is 0 Å². The molecule has 1 aromatic rings. The Balaban J connectivity index is 1.91. The Hall–Kier alpha value is -1.55. The molecular formula is C13H14ClN3O. The lowest BCUT2D eigenvalue weighted by molar-refractivity contribution is 0.0799. The monoisotopic (exact) mass is 263 g/mol. The molecule has 0 aliphatic carbocycles. The molecule has 2 atom stereocenters. The third-order valence-corrected chi connectivity index (χ3v) is 3.61. The fourth-order valence-electron chi connectivity index (χ4n) is 2.34. The van der Waals surface area contributed by atoms with Crippen molar-refractivity contribution in [2.24, 2.45) is 16.2 Å². The Morgan fingerprint density at radius 2 is 2.17 bits per heavy atom. The molecule has 0 radical (unpaired) electrons. The van der Waals surface area contributed by atoms with Gasteiger partial charge in [-0.2, -0.15) is 5.10 Å². The summed E-state index contributed by atoms with van der Waals surface area (Å²) in [7, 11) is 0. The minimum absolute atomic E-state index is 0.0432. The number of hydrazone groups is 1. The van der Waals surface area contributed by atoms with Crippen molar-refractivity contribution < 1.29 is 4.84 Å². The van der Waals surface area contributed by atoms with Crippen LogP contribution in [0.15, 0.2) is 40.6 Å². The summed E-state index contributed by atoms with van der Waals surface area (Å²) in [5, 5.41) is 10.6. The van der Waals surface area contributed by atoms with Gasteiger partial charge in [-0.25, -0.2) is 0 Å². The number of alkyl halides is 1. The summed E-state index contributed by atoms with van der Waals surface area (Å²) in [5.74, 6) is 0.660. The van der Waals surface area contributed by atoms with Crippen molar-refractivity contribution in [3.05, 3.63) is 30.3 Å². The largest absolute Gasteiger partial charge is 0.390 e. The van der Waals surface area contributed by atoms with Crippen LogP contribution >= 0.6 is 11.6 Å². The number of anilines is 1. The maximum Gasteiger partial charge on any atom is 0.151 e. The molecule has 2 aliphatic heterocycles. The van der Waals surface area contributed by atoms with Crippen LogP contribution in [0.25, 0.3) is 0 Å². The zero-order chi connectivity index (χ0) is 12.5. The third-order valence-electron chi connectivity index (χ3n) is 3.30. The van der Waals surface area contributed by atoms with Crippen LogP contribution in [0.5, 0.6) is 0 Å². The second-order valence-corrected chi connectivity index (χ2v) is 4.79. The Kier molecular flexibility index (Phi) is 2.96. The quantitative estimate of drug-likeness (QED) is 0.769. The van der Waals surface area contributed by atoms with Gasteiger partial charge in [0.25, 0.3) is 0 Å². The molecule has 2 unspecified atom stereocenters. The molecule has 0 saturated heterocycles. The molecule has 5 heteroatoms. The van der Waals surface area contributed by atoms with E-state index in [-0.39, 0.29) is 12.0 Å². The minimum Gasteiger partial charge on any atom is -0.390 e. The maximum atomic E-state index is 5.91. The topological polar surface area (TPSA) is 37.2 Å². The average Bonchev–Trinajstić information content (AvgIpc) is 2.83. The molecule has 1 aromatic carbocycles. The van der Waals surface area contributed by atoms with Gasteiger partial charge in [0.05, 0.1) is 29.7 Å². The maximum absolute atomic E-state index is 5.91. The molecule has 0 amide bonds. The molecule has 4 nitrogen and oxygen atoms in total. The van der Waals surface area contributed by atoms with Gasteiger partial charge >= 0.3 is 0 Å². The Morgan fingerprint density at radius 1 is 1.39 bits per heavy atom. The van der Waals surface area contributed by atoms with Crippen molar-refractivity contribution >= 4 is 28.7 Å². The summed E-state index contributed by atoms with van der Waals surface area (Å²) in [4.78, 5) is 5.35. The summed E-state index contributed by atoms with van der Waals surface area (Å²) in [6, 6.07) is 10.1. The standard InChI is InChI=1S/C13H14ClN3O/c1-9-13-11(12(7-14)18-16-13)8-17(15-9)10-5-3-2-4-6-10/h2-6,11-12H,7-8H2,1H3. The van der Waals surface area contributed by atoms with Crippen molar-refractivity contribution in [1.82, 2.24) is 0 Å². The number of hydrogen-bond donors (Lipinski definition) is 0. The number of hydrogen-bond acceptors (Lipinski definition) is 4. The van der Waals surface area contributed by atoms with E-state index in [9.17, 15) is 0 Å². The van der Waals surface area contributed by atoms with E-state index in [2.05, 4.69) is 10.3 Å². The number of nitrogens with zero attached hydrogens (tertiary/aromatic N) is 3. The molecule has 0 N–H and O–H groups in total. The van der Waals surface area contributed by atoms with Crippen LogP contribution in [0.4, 0.5) is 5.69 Å². The SMILES string of the molecule is CC1=NN(c2ccccc2)CC2C1=NOC2CCl. The van der Waals surface area contributed by atoms with Gasteiger partial charge < -0.3 is 4.84 Å². The van der Waals surface area contributed by atoms with Crippen molar-refractivity contribution in [3.63, 3.8) is 0 Å². The smallest absolute Gasteiger partial charge is 0.151 e. The van der Waals surface area contributed by atoms with E-state index >= 15 is 0 Å². The fraction of sp³-hybridized carbons (Fsp3) is 0.385. The highest BCUT2D eigenvalue weighted by Gasteiger charge is 2.39. The van der Waals surface area contributed by atoms with Crippen molar-refractivity contribution in [2.45, 2.75) is 13.0 Å². The van der Waals surface area contributed by atoms with Crippen molar-refractivity contribution in [3.8, 4) is 0 Å². The van der Waals surface area contributed by atoms with E-state index in [0.717, 1.165) is 23.7 Å². The molecule has 0 spiro atoms. The highest BCUT2D eigenvalue weighted by Crippen LogP contribution is 2.28. The van der Waals surface area contributed by atoms with E-state index < -0.39 is 0 Å². The van der Waals surface area contributed by atoms with Crippen molar-refractivity contribution in [2.75, 3.05) is 17.4 Å². The van der Waals surface area contributed by atoms with E-state index in [1.807, 2.05) is 42.3 Å². The van der Waals surface area contributed by atoms with Crippen LogP contribution in [0.1, 0.15) is 6.92 Å². The van der Waals surface area contributed by atoms with Crippen LogP contribution in [0.2, 0.25) is 0 Å². The molecular weight excluding hydrogens is 250 g/mol. The number of oxime groups is 1. The predicted molar refractivity (Wildman–Crippen MR) is 73.4 cm³/mol. The van der Waals surface area contributed by atoms with Crippen LogP contribution in [0, 0.1) is 5.92 Å². The highest BCUT2D eigenvalue weighted by molar-refractivity contribution is 6.43. The number of halogens is 1. The van der Waals surface area contributed by atoms with Crippen LogP contribution in [0.3, 0.4) is 0 Å². The number of para-hydroxylation sites is 1. The molecule has 2 aliphatic rings. The predicted octanol–water partition coefficient (Wildman–Crippen LogP) is 2.49. The molecule has 0 fully saturated rings. The molecule has 94 valence electrons. The number of rotatable bonds is 2. The van der Waals surface area contributed by atoms with Gasteiger partial charge in [-0.3, -0.25) is 5.01 Å². The van der Waals surface area contributed by atoms with E-state index in [1.165, 1.54) is 0 Å². The zero-order valence-corrected chi connectivity index (χ0v) is 10.8. The molecule has 0 saturated carbocycles. The Labute approximate surface area is 111 Å². The van der Waals surface area contributed by atoms with Gasteiger partial charge in [0.15, 0.2) is 6.10 Å². The highest BCUT2D eigenvalue weighted by atomic mass is 35.5. The normalized spacial score (nSPS) is 26.2. The summed E-state index contributed by atoms with van der Waals surface area (Å²) in [5.41, 5.74) is 2.92. The lowest BCUT2D eigenvalue weighted by Gasteiger charge is -2.29. The van der Waals surface area contributed by atoms with E-state index in [4.69, 9.17) is 16.4 Å². The lowest BCUT2D eigenvalue weighted by atomic mass is 9.94. The Bertz CT molecular complexity index is 500. The molecule has 3 rings (SSSR count). The Morgan fingerprint density at radius 3 is 2.89 bits per heavy atom. The molecule has 0 aromatic heterocycles. The van der Waals surface area contributed by atoms with Gasteiger partial charge in [0.2, 0.25) is 0 Å². The van der Waals surface area contributed by atoms with Gasteiger partial charge in [0, 0.05) is 0 Å². The van der Waals surface area contributed by atoms with Crippen LogP contribution in [-0.2, 0) is 4.84 Å². The first-order valence-corrected chi connectivity index (χ1v) is 6.51. The van der Waals surface area contributed by atoms with E-state index in [0.29, 0.717) is 5.88 Å². The van der Waals surface area contributed by atoms with Crippen molar-refractivity contribution in [1.29, 1.82) is 0 Å². The summed E-state index contributed by atoms with van der Waals surface area (Å²) >= 11 is 5.91. The van der Waals surface area contributed by atoms with Gasteiger partial charge in [0.1, 0.15) is 5.71 Å². The van der Waals surface area contributed by atoms with Gasteiger partial charge in [-0.1, -0.05) is 23.4 Å². The first-order valence-electron chi connectivity index (χ1n) is 5.97. The van der Waals surface area contributed by atoms with Crippen LogP contribution < -0.4 is 5.01 Å². The molecule has 18 heavy (non-hydrogen) atoms. The average molecular weight is 264 g/mol. The number of benzene rings is 1. The zero-order valence-electron chi connectivity index (χ0n) is 10.1. The molecule has 0 bridgehead atoms. The summed E-state index contributed by atoms with van der Waals surface area (Å²) < 4.78 is 0. The second kappa shape index (κ2) is 4.61. The second-order valence-electron chi connectivity index (χ2n) is 4.48. The minimum atomic E-state index is -0.0432. The first-order chi connectivity index (χ1) is 8.79. The third kappa shape index (κ3) is 1.86. The van der Waals surface area contributed by atoms with Gasteiger partial charge in [-0.15, -0.1) is 11.6 Å². The number of fused-ring (bicyclic) bond motifs is 1. The van der Waals surface area contributed by atoms with Crippen LogP contribution in [-0.4, -0.2) is 30.0 Å². The fourth-order valence-corrected chi connectivity index (χ4v) is 2.61.